The molecule has 9 heteroatoms. The Labute approximate surface area is 208 Å². The number of β-lactam (4-membered cyclic amide) rings is 1. The van der Waals surface area contributed by atoms with Crippen LogP contribution in [0.4, 0.5) is 5.69 Å². The van der Waals surface area contributed by atoms with E-state index in [1.165, 1.54) is 24.3 Å². The first-order valence-electron chi connectivity index (χ1n) is 10.4. The van der Waals surface area contributed by atoms with Gasteiger partial charge in [-0.05, 0) is 78.7 Å². The Hall–Kier alpha value is -2.75. The molecule has 6 nitrogen and oxygen atoms in total. The molecule has 34 heavy (non-hydrogen) atoms. The van der Waals surface area contributed by atoms with E-state index in [0.29, 0.717) is 5.56 Å². The maximum Gasteiger partial charge on any atom is 0.252 e. The predicted octanol–water partition coefficient (Wildman–Crippen LogP) is 4.42. The van der Waals surface area contributed by atoms with E-state index in [0.717, 1.165) is 27.3 Å². The minimum Gasteiger partial charge on any atom is -0.338 e. The first kappa shape index (κ1) is 24.4. The molecule has 0 aromatic heterocycles. The lowest BCUT2D eigenvalue weighted by molar-refractivity contribution is -0.127. The number of carbonyl (C=O) groups is 2. The zero-order chi connectivity index (χ0) is 24.5. The van der Waals surface area contributed by atoms with Gasteiger partial charge in [0.2, 0.25) is 0 Å². The van der Waals surface area contributed by atoms with Crippen molar-refractivity contribution in [3.05, 3.63) is 83.9 Å². The number of hydrogen-bond donors (Lipinski definition) is 1. The van der Waals surface area contributed by atoms with Crippen LogP contribution in [0, 0.1) is 0 Å². The number of hydrogen-bond acceptors (Lipinski definition) is 6. The summed E-state index contributed by atoms with van der Waals surface area (Å²) >= 11 is 3.26. The second kappa shape index (κ2) is 9.85. The molecule has 0 saturated carbocycles. The molecule has 1 fully saturated rings. The molecular formula is C25H24N2O4S3. The van der Waals surface area contributed by atoms with Crippen molar-refractivity contribution in [1.82, 2.24) is 5.32 Å². The lowest BCUT2D eigenvalue weighted by Gasteiger charge is -2.47. The minimum absolute atomic E-state index is 0.135. The van der Waals surface area contributed by atoms with Gasteiger partial charge in [0.05, 0.1) is 10.9 Å². The van der Waals surface area contributed by atoms with Crippen LogP contribution in [-0.4, -0.2) is 45.0 Å². The number of thioether (sulfide) groups is 2. The monoisotopic (exact) mass is 512 g/mol. The summed E-state index contributed by atoms with van der Waals surface area (Å²) in [5.41, 5.74) is 1.98. The van der Waals surface area contributed by atoms with Crippen LogP contribution in [0.3, 0.4) is 0 Å². The van der Waals surface area contributed by atoms with Gasteiger partial charge in [-0.15, -0.1) is 23.5 Å². The molecule has 1 saturated heterocycles. The fourth-order valence-electron chi connectivity index (χ4n) is 3.88. The van der Waals surface area contributed by atoms with Gasteiger partial charge in [0.25, 0.3) is 11.8 Å². The highest BCUT2D eigenvalue weighted by molar-refractivity contribution is 7.98. The van der Waals surface area contributed by atoms with Crippen molar-refractivity contribution < 1.29 is 18.0 Å². The Kier molecular flexibility index (Phi) is 7.06. The van der Waals surface area contributed by atoms with Gasteiger partial charge in [0, 0.05) is 27.3 Å². The lowest BCUT2D eigenvalue weighted by Crippen LogP contribution is -2.66. The molecule has 2 unspecified atom stereocenters. The van der Waals surface area contributed by atoms with E-state index in [4.69, 9.17) is 0 Å². The van der Waals surface area contributed by atoms with Gasteiger partial charge < -0.3 is 10.2 Å². The van der Waals surface area contributed by atoms with Gasteiger partial charge in [-0.1, -0.05) is 12.1 Å². The normalized spacial score (nSPS) is 17.9. The summed E-state index contributed by atoms with van der Waals surface area (Å²) in [4.78, 5) is 30.2. The molecule has 2 atom stereocenters. The van der Waals surface area contributed by atoms with Crippen LogP contribution in [0.15, 0.2) is 87.5 Å². The van der Waals surface area contributed by atoms with E-state index >= 15 is 0 Å². The van der Waals surface area contributed by atoms with E-state index in [-0.39, 0.29) is 16.8 Å². The van der Waals surface area contributed by atoms with Crippen LogP contribution in [0.25, 0.3) is 0 Å². The standard InChI is InChI=1S/C25H24N2O4S3/c1-32-19-10-4-16(5-11-19)23-22(25(29)27(23)18-8-12-20(33-2)13-9-18)26-24(28)17-6-14-21(15-7-17)34(3,30)31/h4-15,22-23H,1-3H3,(H,26,28). The average molecular weight is 513 g/mol. The molecule has 0 bridgehead atoms. The number of carbonyl (C=O) groups excluding carboxylic acids is 2. The summed E-state index contributed by atoms with van der Waals surface area (Å²) in [7, 11) is -3.36. The van der Waals surface area contributed by atoms with Crippen LogP contribution in [0.5, 0.6) is 0 Å². The molecule has 2 amide bonds. The number of rotatable bonds is 7. The topological polar surface area (TPSA) is 83.5 Å². The van der Waals surface area contributed by atoms with Crippen LogP contribution in [0.2, 0.25) is 0 Å². The van der Waals surface area contributed by atoms with E-state index in [9.17, 15) is 18.0 Å². The molecule has 0 radical (unpaired) electrons. The summed E-state index contributed by atoms with van der Waals surface area (Å²) < 4.78 is 23.4. The van der Waals surface area contributed by atoms with Crippen LogP contribution in [-0.2, 0) is 14.6 Å². The van der Waals surface area contributed by atoms with Crippen molar-refractivity contribution in [3.63, 3.8) is 0 Å². The third kappa shape index (κ3) is 4.87. The Morgan fingerprint density at radius 1 is 0.853 bits per heavy atom. The lowest BCUT2D eigenvalue weighted by atomic mass is 9.87. The highest BCUT2D eigenvalue weighted by Gasteiger charge is 2.49. The second-order valence-corrected chi connectivity index (χ2v) is 11.6. The number of benzene rings is 3. The number of sulfone groups is 1. The summed E-state index contributed by atoms with van der Waals surface area (Å²) in [5, 5.41) is 2.85. The average Bonchev–Trinajstić information content (AvgIpc) is 2.85. The van der Waals surface area contributed by atoms with E-state index in [1.54, 1.807) is 28.4 Å². The molecule has 3 aromatic rings. The first-order valence-corrected chi connectivity index (χ1v) is 14.8. The van der Waals surface area contributed by atoms with Crippen molar-refractivity contribution in [1.29, 1.82) is 0 Å². The fraction of sp³-hybridized carbons (Fsp3) is 0.200. The van der Waals surface area contributed by atoms with Crippen LogP contribution < -0.4 is 10.2 Å². The molecule has 3 aromatic carbocycles. The minimum atomic E-state index is -3.36. The van der Waals surface area contributed by atoms with Gasteiger partial charge in [-0.25, -0.2) is 8.42 Å². The molecule has 1 aliphatic rings. The van der Waals surface area contributed by atoms with Crippen molar-refractivity contribution in [2.75, 3.05) is 23.7 Å². The van der Waals surface area contributed by atoms with Gasteiger partial charge in [0.1, 0.15) is 6.04 Å². The molecule has 1 heterocycles. The highest BCUT2D eigenvalue weighted by Crippen LogP contribution is 2.40. The molecule has 176 valence electrons. The number of nitrogens with one attached hydrogen (secondary N) is 1. The Bertz CT molecular complexity index is 1310. The zero-order valence-corrected chi connectivity index (χ0v) is 21.3. The number of anilines is 1. The zero-order valence-electron chi connectivity index (χ0n) is 18.9. The molecule has 1 N–H and O–H groups in total. The summed E-state index contributed by atoms with van der Waals surface area (Å²) in [6.45, 7) is 0. The SMILES string of the molecule is CSc1ccc(C2C(NC(=O)c3ccc(S(C)(=O)=O)cc3)C(=O)N2c2ccc(SC)cc2)cc1. The van der Waals surface area contributed by atoms with Crippen molar-refractivity contribution in [2.24, 2.45) is 0 Å². The van der Waals surface area contributed by atoms with Crippen molar-refractivity contribution in [3.8, 4) is 0 Å². The highest BCUT2D eigenvalue weighted by atomic mass is 32.2. The quantitative estimate of drug-likeness (QED) is 0.373. The number of amides is 2. The smallest absolute Gasteiger partial charge is 0.252 e. The fourth-order valence-corrected chi connectivity index (χ4v) is 5.33. The Morgan fingerprint density at radius 2 is 1.38 bits per heavy atom. The van der Waals surface area contributed by atoms with Gasteiger partial charge in [-0.3, -0.25) is 9.59 Å². The summed E-state index contributed by atoms with van der Waals surface area (Å²) in [5.74, 6) is -0.626. The second-order valence-electron chi connectivity index (χ2n) is 7.87. The van der Waals surface area contributed by atoms with E-state index in [2.05, 4.69) is 5.32 Å². The maximum absolute atomic E-state index is 13.2. The Balaban J connectivity index is 1.61. The maximum atomic E-state index is 13.2. The first-order chi connectivity index (χ1) is 16.2. The summed E-state index contributed by atoms with van der Waals surface area (Å²) in [6, 6.07) is 20.3. The number of nitrogens with zero attached hydrogens (tertiary/aromatic N) is 1. The molecule has 0 spiro atoms. The molecule has 4 rings (SSSR count). The van der Waals surface area contributed by atoms with E-state index < -0.39 is 21.8 Å². The molecule has 1 aliphatic heterocycles. The predicted molar refractivity (Wildman–Crippen MR) is 137 cm³/mol. The molecule has 0 aliphatic carbocycles. The van der Waals surface area contributed by atoms with Crippen LogP contribution >= 0.6 is 23.5 Å². The largest absolute Gasteiger partial charge is 0.338 e. The van der Waals surface area contributed by atoms with Gasteiger partial charge in [-0.2, -0.15) is 0 Å². The van der Waals surface area contributed by atoms with Gasteiger partial charge >= 0.3 is 0 Å². The van der Waals surface area contributed by atoms with Gasteiger partial charge in [0.15, 0.2) is 9.84 Å². The summed E-state index contributed by atoms with van der Waals surface area (Å²) in [6.07, 6.45) is 5.11. The molecular weight excluding hydrogens is 488 g/mol. The third-order valence-electron chi connectivity index (χ3n) is 5.74. The van der Waals surface area contributed by atoms with Crippen molar-refractivity contribution in [2.45, 2.75) is 26.8 Å². The van der Waals surface area contributed by atoms with Crippen molar-refractivity contribution >= 4 is 50.9 Å². The third-order valence-corrected chi connectivity index (χ3v) is 8.35. The van der Waals surface area contributed by atoms with E-state index in [1.807, 2.05) is 61.0 Å². The Morgan fingerprint density at radius 3 is 1.88 bits per heavy atom. The van der Waals surface area contributed by atoms with Crippen LogP contribution in [0.1, 0.15) is 22.0 Å².